The van der Waals surface area contributed by atoms with Gasteiger partial charge in [-0.2, -0.15) is 0 Å². The third-order valence-electron chi connectivity index (χ3n) is 6.38. The second-order valence-electron chi connectivity index (χ2n) is 7.79. The van der Waals surface area contributed by atoms with Crippen LogP contribution in [0.2, 0.25) is 5.31 Å². The van der Waals surface area contributed by atoms with Crippen molar-refractivity contribution in [3.8, 4) is 0 Å². The van der Waals surface area contributed by atoms with Crippen molar-refractivity contribution >= 4 is 19.8 Å². The molecule has 3 fully saturated rings. The third-order valence-corrected chi connectivity index (χ3v) is 6.38. The Bertz CT molecular complexity index is 388. The molecule has 0 spiro atoms. The molecule has 0 aromatic carbocycles. The molecule has 3 aliphatic rings. The Morgan fingerprint density at radius 1 is 0.857 bits per heavy atom. The summed E-state index contributed by atoms with van der Waals surface area (Å²) in [7, 11) is 2.47. The second-order valence-corrected chi connectivity index (χ2v) is 7.79. The summed E-state index contributed by atoms with van der Waals surface area (Å²) < 4.78 is 4.95. The number of carbonyl (C=O) groups excluding carboxylic acids is 2. The molecule has 1 saturated heterocycles. The minimum Gasteiger partial charge on any atom is -0.393 e. The number of esters is 2. The topological polar surface area (TPSA) is 43.4 Å². The van der Waals surface area contributed by atoms with Gasteiger partial charge in [-0.1, -0.05) is 56.7 Å². The number of hydrogen-bond donors (Lipinski definition) is 0. The smallest absolute Gasteiger partial charge is 0.316 e. The average Bonchev–Trinajstić information content (AvgIpc) is 2.90. The lowest BCUT2D eigenvalue weighted by Crippen LogP contribution is -2.35. The van der Waals surface area contributed by atoms with Gasteiger partial charge < -0.3 is 4.74 Å². The van der Waals surface area contributed by atoms with Crippen LogP contribution in [-0.4, -0.2) is 19.8 Å². The van der Waals surface area contributed by atoms with Crippen molar-refractivity contribution in [3.63, 3.8) is 0 Å². The van der Waals surface area contributed by atoms with Crippen LogP contribution < -0.4 is 0 Å². The van der Waals surface area contributed by atoms with Crippen LogP contribution in [-0.2, 0) is 14.3 Å². The van der Waals surface area contributed by atoms with Gasteiger partial charge in [0.05, 0.1) is 11.8 Å². The Kier molecular flexibility index (Phi) is 4.42. The predicted molar refractivity (Wildman–Crippen MR) is 83.6 cm³/mol. The average molecular weight is 290 g/mol. The number of carbonyl (C=O) groups is 2. The Balaban J connectivity index is 1.68. The summed E-state index contributed by atoms with van der Waals surface area (Å²) >= 11 is 0. The molecule has 3 rings (SSSR count). The molecule has 0 aromatic heterocycles. The number of cyclic esters (lactones) is 2. The molecule has 1 heterocycles. The monoisotopic (exact) mass is 290 g/mol. The van der Waals surface area contributed by atoms with Crippen molar-refractivity contribution < 1.29 is 14.3 Å². The molecule has 2 unspecified atom stereocenters. The van der Waals surface area contributed by atoms with E-state index < -0.39 is 0 Å². The maximum absolute atomic E-state index is 11.8. The van der Waals surface area contributed by atoms with E-state index in [1.54, 1.807) is 0 Å². The number of hydrogen-bond acceptors (Lipinski definition) is 3. The highest BCUT2D eigenvalue weighted by Gasteiger charge is 2.40. The normalized spacial score (nSPS) is 37.0. The number of ether oxygens (including phenoxy) is 1. The molecule has 2 saturated carbocycles. The maximum Gasteiger partial charge on any atom is 0.316 e. The number of rotatable bonds is 1. The van der Waals surface area contributed by atoms with Gasteiger partial charge in [0.15, 0.2) is 0 Å². The summed E-state index contributed by atoms with van der Waals surface area (Å²) in [6, 6.07) is 0. The summed E-state index contributed by atoms with van der Waals surface area (Å²) in [5.41, 5.74) is 0. The maximum atomic E-state index is 11.8. The molecule has 116 valence electrons. The summed E-state index contributed by atoms with van der Waals surface area (Å²) in [6.07, 6.45) is 12.8. The van der Waals surface area contributed by atoms with Crippen LogP contribution in [0.1, 0.15) is 70.6 Å². The summed E-state index contributed by atoms with van der Waals surface area (Å²) in [5.74, 6) is 0.205. The van der Waals surface area contributed by atoms with Crippen molar-refractivity contribution in [1.82, 2.24) is 0 Å². The highest BCUT2D eigenvalue weighted by atomic mass is 16.6. The molecule has 0 N–H and O–H groups in total. The standard InChI is InChI=1S/C17H27BO3/c18-17(9-1-2-10-17)14-7-3-5-12-11-13(6-4-8-14)16(20)21-15(12)19/h12-14H,1-11,18H2. The molecule has 2 atom stereocenters. The van der Waals surface area contributed by atoms with Crippen molar-refractivity contribution in [2.24, 2.45) is 17.8 Å². The van der Waals surface area contributed by atoms with Gasteiger partial charge in [-0.05, 0) is 25.2 Å². The van der Waals surface area contributed by atoms with Crippen molar-refractivity contribution in [1.29, 1.82) is 0 Å². The van der Waals surface area contributed by atoms with Gasteiger partial charge in [-0.15, -0.1) is 0 Å². The highest BCUT2D eigenvalue weighted by molar-refractivity contribution is 6.15. The van der Waals surface area contributed by atoms with Crippen molar-refractivity contribution in [2.75, 3.05) is 0 Å². The molecule has 0 amide bonds. The van der Waals surface area contributed by atoms with Crippen molar-refractivity contribution in [3.05, 3.63) is 0 Å². The van der Waals surface area contributed by atoms with Crippen molar-refractivity contribution in [2.45, 2.75) is 75.9 Å². The Morgan fingerprint density at radius 2 is 1.38 bits per heavy atom. The summed E-state index contributed by atoms with van der Waals surface area (Å²) in [4.78, 5) is 23.7. The molecular weight excluding hydrogens is 263 g/mol. The van der Waals surface area contributed by atoms with E-state index in [9.17, 15) is 9.59 Å². The molecule has 21 heavy (non-hydrogen) atoms. The zero-order valence-electron chi connectivity index (χ0n) is 13.2. The van der Waals surface area contributed by atoms with E-state index in [0.29, 0.717) is 5.31 Å². The van der Waals surface area contributed by atoms with E-state index in [4.69, 9.17) is 4.74 Å². The van der Waals surface area contributed by atoms with Gasteiger partial charge >= 0.3 is 11.9 Å². The zero-order chi connectivity index (χ0) is 14.9. The Morgan fingerprint density at radius 3 is 1.90 bits per heavy atom. The lowest BCUT2D eigenvalue weighted by molar-refractivity contribution is -0.172. The molecule has 4 heteroatoms. The van der Waals surface area contributed by atoms with Gasteiger partial charge in [0.25, 0.3) is 0 Å². The van der Waals surface area contributed by atoms with Gasteiger partial charge in [-0.3, -0.25) is 9.59 Å². The van der Waals surface area contributed by atoms with E-state index in [2.05, 4.69) is 7.85 Å². The van der Waals surface area contributed by atoms with E-state index >= 15 is 0 Å². The highest BCUT2D eigenvalue weighted by Crippen LogP contribution is 2.52. The van der Waals surface area contributed by atoms with Crippen LogP contribution in [0.25, 0.3) is 0 Å². The largest absolute Gasteiger partial charge is 0.393 e. The molecular formula is C17H27BO3. The molecule has 1 aliphatic heterocycles. The van der Waals surface area contributed by atoms with E-state index in [-0.39, 0.29) is 23.8 Å². The van der Waals surface area contributed by atoms with Crippen LogP contribution >= 0.6 is 0 Å². The van der Waals surface area contributed by atoms with Gasteiger partial charge in [0, 0.05) is 0 Å². The van der Waals surface area contributed by atoms with E-state index in [0.717, 1.165) is 38.0 Å². The molecule has 3 nitrogen and oxygen atoms in total. The summed E-state index contributed by atoms with van der Waals surface area (Å²) in [6.45, 7) is 0. The second kappa shape index (κ2) is 6.14. The first kappa shape index (κ1) is 15.1. The van der Waals surface area contributed by atoms with Gasteiger partial charge in [0.2, 0.25) is 0 Å². The van der Waals surface area contributed by atoms with Gasteiger partial charge in [-0.25, -0.2) is 0 Å². The van der Waals surface area contributed by atoms with Crippen LogP contribution in [0, 0.1) is 17.8 Å². The quantitative estimate of drug-likeness (QED) is 0.423. The van der Waals surface area contributed by atoms with E-state index in [1.807, 2.05) is 0 Å². The lowest BCUT2D eigenvalue weighted by atomic mass is 9.57. The zero-order valence-corrected chi connectivity index (χ0v) is 13.2. The predicted octanol–water partition coefficient (Wildman–Crippen LogP) is 3.03. The Labute approximate surface area is 128 Å². The first-order valence-corrected chi connectivity index (χ1v) is 8.84. The number of fused-ring (bicyclic) bond motifs is 2. The SMILES string of the molecule is BC1(C2CCCC3CC(CCC2)C(=O)OC3=O)CCCC1. The fraction of sp³-hybridized carbons (Fsp3) is 0.882. The lowest BCUT2D eigenvalue weighted by Gasteiger charge is -2.36. The van der Waals surface area contributed by atoms with Crippen LogP contribution in [0.5, 0.6) is 0 Å². The van der Waals surface area contributed by atoms with Crippen LogP contribution in [0.3, 0.4) is 0 Å². The molecule has 0 aromatic rings. The third kappa shape index (κ3) is 3.19. The minimum atomic E-state index is -0.263. The van der Waals surface area contributed by atoms with Crippen LogP contribution in [0.15, 0.2) is 0 Å². The first-order chi connectivity index (χ1) is 10.1. The fourth-order valence-electron chi connectivity index (χ4n) is 4.93. The van der Waals surface area contributed by atoms with Gasteiger partial charge in [0.1, 0.15) is 7.85 Å². The Hall–Kier alpha value is -0.795. The van der Waals surface area contributed by atoms with Crippen LogP contribution in [0.4, 0.5) is 0 Å². The van der Waals surface area contributed by atoms with E-state index in [1.165, 1.54) is 38.5 Å². The molecule has 2 bridgehead atoms. The summed E-state index contributed by atoms with van der Waals surface area (Å²) in [5, 5.41) is 0.513. The molecule has 2 aliphatic carbocycles. The molecule has 0 radical (unpaired) electrons. The first-order valence-electron chi connectivity index (χ1n) is 8.84. The minimum absolute atomic E-state index is 0.0252. The fourth-order valence-corrected chi connectivity index (χ4v) is 4.93.